The standard InChI is InChI=1S/C15H12F2N4O/c1-21-13(4-5-18-21)14-19-15(22-20-14)11-7-10(11)9-3-2-8(16)6-12(9)17/h2-6,10-11H,7H2,1H3/t10-,11+/m0/s1. The first-order valence-electron chi connectivity index (χ1n) is 6.90. The van der Waals surface area contributed by atoms with Crippen LogP contribution in [0.25, 0.3) is 11.5 Å². The summed E-state index contributed by atoms with van der Waals surface area (Å²) in [5.41, 5.74) is 1.24. The molecule has 0 spiro atoms. The molecule has 7 heteroatoms. The number of rotatable bonds is 3. The zero-order valence-corrected chi connectivity index (χ0v) is 11.7. The molecule has 0 saturated heterocycles. The molecule has 2 aromatic heterocycles. The van der Waals surface area contributed by atoms with Crippen LogP contribution in [-0.4, -0.2) is 19.9 Å². The molecule has 1 saturated carbocycles. The van der Waals surface area contributed by atoms with Crippen molar-refractivity contribution in [3.05, 3.63) is 53.6 Å². The van der Waals surface area contributed by atoms with E-state index in [9.17, 15) is 8.78 Å². The fourth-order valence-corrected chi connectivity index (χ4v) is 2.70. The molecular weight excluding hydrogens is 290 g/mol. The van der Waals surface area contributed by atoms with E-state index < -0.39 is 11.6 Å². The van der Waals surface area contributed by atoms with E-state index in [0.717, 1.165) is 18.2 Å². The Morgan fingerprint density at radius 3 is 2.82 bits per heavy atom. The third-order valence-electron chi connectivity index (χ3n) is 3.96. The van der Waals surface area contributed by atoms with Gasteiger partial charge in [0.15, 0.2) is 0 Å². The van der Waals surface area contributed by atoms with E-state index in [0.29, 0.717) is 17.3 Å². The van der Waals surface area contributed by atoms with E-state index in [2.05, 4.69) is 15.2 Å². The quantitative estimate of drug-likeness (QED) is 0.746. The molecule has 2 heterocycles. The number of nitrogens with zero attached hydrogens (tertiary/aromatic N) is 4. The van der Waals surface area contributed by atoms with Crippen molar-refractivity contribution in [2.24, 2.45) is 7.05 Å². The van der Waals surface area contributed by atoms with Gasteiger partial charge in [-0.2, -0.15) is 10.1 Å². The molecule has 112 valence electrons. The molecule has 0 amide bonds. The molecule has 4 rings (SSSR count). The molecule has 2 atom stereocenters. The number of hydrogen-bond donors (Lipinski definition) is 0. The number of hydrogen-bond acceptors (Lipinski definition) is 4. The maximum absolute atomic E-state index is 13.8. The van der Waals surface area contributed by atoms with E-state index in [4.69, 9.17) is 4.52 Å². The van der Waals surface area contributed by atoms with Crippen LogP contribution in [0.5, 0.6) is 0 Å². The molecule has 1 aliphatic carbocycles. The third kappa shape index (κ3) is 2.09. The van der Waals surface area contributed by atoms with Crippen molar-refractivity contribution in [3.63, 3.8) is 0 Å². The van der Waals surface area contributed by atoms with Crippen LogP contribution < -0.4 is 0 Å². The molecule has 1 aromatic carbocycles. The Labute approximate surface area is 124 Å². The van der Waals surface area contributed by atoms with Crippen molar-refractivity contribution < 1.29 is 13.3 Å². The summed E-state index contributed by atoms with van der Waals surface area (Å²) >= 11 is 0. The van der Waals surface area contributed by atoms with Crippen LogP contribution >= 0.6 is 0 Å². The normalized spacial score (nSPS) is 20.3. The fourth-order valence-electron chi connectivity index (χ4n) is 2.70. The van der Waals surface area contributed by atoms with Gasteiger partial charge in [0.2, 0.25) is 11.7 Å². The molecule has 0 N–H and O–H groups in total. The molecule has 22 heavy (non-hydrogen) atoms. The van der Waals surface area contributed by atoms with Gasteiger partial charge in [0.1, 0.15) is 17.3 Å². The lowest BCUT2D eigenvalue weighted by molar-refractivity contribution is 0.378. The highest BCUT2D eigenvalue weighted by atomic mass is 19.1. The number of aromatic nitrogens is 4. The number of aryl methyl sites for hydroxylation is 1. The Bertz CT molecular complexity index is 842. The van der Waals surface area contributed by atoms with Gasteiger partial charge in [-0.05, 0) is 30.0 Å². The second-order valence-corrected chi connectivity index (χ2v) is 5.41. The van der Waals surface area contributed by atoms with E-state index in [1.165, 1.54) is 12.1 Å². The van der Waals surface area contributed by atoms with Crippen molar-refractivity contribution >= 4 is 0 Å². The highest BCUT2D eigenvalue weighted by molar-refractivity contribution is 5.48. The molecule has 1 aliphatic rings. The van der Waals surface area contributed by atoms with E-state index >= 15 is 0 Å². The van der Waals surface area contributed by atoms with E-state index in [1.54, 1.807) is 24.0 Å². The van der Waals surface area contributed by atoms with Crippen LogP contribution in [-0.2, 0) is 7.05 Å². The largest absolute Gasteiger partial charge is 0.339 e. The Kier molecular flexibility index (Phi) is 2.82. The average molecular weight is 302 g/mol. The Hall–Kier alpha value is -2.57. The highest BCUT2D eigenvalue weighted by Crippen LogP contribution is 2.54. The first kappa shape index (κ1) is 13.1. The second kappa shape index (κ2) is 4.72. The minimum atomic E-state index is -0.574. The van der Waals surface area contributed by atoms with Crippen molar-refractivity contribution in [1.82, 2.24) is 19.9 Å². The molecule has 1 fully saturated rings. The van der Waals surface area contributed by atoms with Crippen molar-refractivity contribution in [2.45, 2.75) is 18.3 Å². The second-order valence-electron chi connectivity index (χ2n) is 5.41. The highest BCUT2D eigenvalue weighted by Gasteiger charge is 2.45. The zero-order valence-electron chi connectivity index (χ0n) is 11.7. The zero-order chi connectivity index (χ0) is 15.3. The maximum atomic E-state index is 13.8. The summed E-state index contributed by atoms with van der Waals surface area (Å²) in [7, 11) is 1.79. The van der Waals surface area contributed by atoms with Crippen LogP contribution in [0.1, 0.15) is 29.7 Å². The minimum Gasteiger partial charge on any atom is -0.339 e. The van der Waals surface area contributed by atoms with E-state index in [1.807, 2.05) is 0 Å². The average Bonchev–Trinajstić information content (AvgIpc) is 2.92. The van der Waals surface area contributed by atoms with Crippen molar-refractivity contribution in [1.29, 1.82) is 0 Å². The van der Waals surface area contributed by atoms with Crippen LogP contribution in [0.4, 0.5) is 8.78 Å². The first-order chi connectivity index (χ1) is 10.6. The van der Waals surface area contributed by atoms with Gasteiger partial charge < -0.3 is 4.52 Å². The summed E-state index contributed by atoms with van der Waals surface area (Å²) in [5.74, 6) is -0.228. The van der Waals surface area contributed by atoms with Gasteiger partial charge in [0, 0.05) is 25.2 Å². The summed E-state index contributed by atoms with van der Waals surface area (Å²) in [4.78, 5) is 4.36. The number of halogens is 2. The SMILES string of the molecule is Cn1nccc1-c1noc([C@@H]2C[C@H]2c2ccc(F)cc2F)n1. The minimum absolute atomic E-state index is 0.0190. The summed E-state index contributed by atoms with van der Waals surface area (Å²) in [6.45, 7) is 0. The van der Waals surface area contributed by atoms with Crippen LogP contribution in [0.15, 0.2) is 35.0 Å². The molecule has 0 unspecified atom stereocenters. The lowest BCUT2D eigenvalue weighted by atomic mass is 10.1. The molecule has 0 bridgehead atoms. The van der Waals surface area contributed by atoms with Gasteiger partial charge in [-0.1, -0.05) is 11.2 Å². The Morgan fingerprint density at radius 1 is 1.23 bits per heavy atom. The monoisotopic (exact) mass is 302 g/mol. The van der Waals surface area contributed by atoms with Gasteiger partial charge in [0.05, 0.1) is 0 Å². The predicted molar refractivity (Wildman–Crippen MR) is 73.0 cm³/mol. The third-order valence-corrected chi connectivity index (χ3v) is 3.96. The molecule has 3 aromatic rings. The summed E-state index contributed by atoms with van der Waals surface area (Å²) in [6.07, 6.45) is 2.37. The van der Waals surface area contributed by atoms with Crippen LogP contribution in [0, 0.1) is 11.6 Å². The molecule has 5 nitrogen and oxygen atoms in total. The fraction of sp³-hybridized carbons (Fsp3) is 0.267. The molecular formula is C15H12F2N4O. The van der Waals surface area contributed by atoms with Crippen LogP contribution in [0.2, 0.25) is 0 Å². The van der Waals surface area contributed by atoms with Gasteiger partial charge >= 0.3 is 0 Å². The van der Waals surface area contributed by atoms with Crippen molar-refractivity contribution in [3.8, 4) is 11.5 Å². The summed E-state index contributed by atoms with van der Waals surface area (Å²) in [6, 6.07) is 5.44. The van der Waals surface area contributed by atoms with Gasteiger partial charge in [-0.25, -0.2) is 8.78 Å². The van der Waals surface area contributed by atoms with Crippen molar-refractivity contribution in [2.75, 3.05) is 0 Å². The lowest BCUT2D eigenvalue weighted by Crippen LogP contribution is -1.94. The smallest absolute Gasteiger partial charge is 0.230 e. The van der Waals surface area contributed by atoms with Gasteiger partial charge in [-0.3, -0.25) is 4.68 Å². The van der Waals surface area contributed by atoms with Gasteiger partial charge in [-0.15, -0.1) is 0 Å². The van der Waals surface area contributed by atoms with Crippen LogP contribution in [0.3, 0.4) is 0 Å². The Balaban J connectivity index is 1.58. The first-order valence-corrected chi connectivity index (χ1v) is 6.90. The van der Waals surface area contributed by atoms with E-state index in [-0.39, 0.29) is 11.8 Å². The molecule has 0 aliphatic heterocycles. The van der Waals surface area contributed by atoms with Gasteiger partial charge in [0.25, 0.3) is 0 Å². The molecule has 0 radical (unpaired) electrons. The maximum Gasteiger partial charge on any atom is 0.230 e. The lowest BCUT2D eigenvalue weighted by Gasteiger charge is -2.00. The Morgan fingerprint density at radius 2 is 2.09 bits per heavy atom. The summed E-state index contributed by atoms with van der Waals surface area (Å²) in [5, 5.41) is 8.00. The number of benzene rings is 1. The summed E-state index contributed by atoms with van der Waals surface area (Å²) < 4.78 is 33.7. The topological polar surface area (TPSA) is 56.7 Å². The predicted octanol–water partition coefficient (Wildman–Crippen LogP) is 3.02.